The third-order valence-electron chi connectivity index (χ3n) is 3.64. The number of H-pyrrole nitrogens is 1. The zero-order chi connectivity index (χ0) is 15.6. The number of fused-ring (bicyclic) bond motifs is 1. The van der Waals surface area contributed by atoms with Crippen molar-refractivity contribution in [2.75, 3.05) is 6.54 Å². The molecule has 0 aliphatic heterocycles. The molecule has 1 atom stereocenters. The molecule has 0 unspecified atom stereocenters. The maximum atomic E-state index is 12.0. The molecule has 0 spiro atoms. The number of rotatable bonds is 4. The number of halogens is 2. The molecule has 4 N–H and O–H groups in total. The normalized spacial score (nSPS) is 12.8. The van der Waals surface area contributed by atoms with Crippen LogP contribution in [0.4, 0.5) is 0 Å². The number of hydrogen-bond donors (Lipinski definition) is 3. The van der Waals surface area contributed by atoms with Crippen molar-refractivity contribution in [3.05, 3.63) is 35.0 Å². The van der Waals surface area contributed by atoms with E-state index in [1.165, 1.54) is 0 Å². The summed E-state index contributed by atoms with van der Waals surface area (Å²) in [6.45, 7) is 6.43. The molecule has 0 radical (unpaired) electrons. The van der Waals surface area contributed by atoms with Crippen LogP contribution in [0.2, 0.25) is 5.02 Å². The first kappa shape index (κ1) is 18.8. The van der Waals surface area contributed by atoms with Crippen LogP contribution in [0.3, 0.4) is 0 Å². The molecular weight excluding hydrogens is 321 g/mol. The van der Waals surface area contributed by atoms with Gasteiger partial charge in [-0.3, -0.25) is 4.79 Å². The van der Waals surface area contributed by atoms with Crippen LogP contribution in [-0.4, -0.2) is 23.5 Å². The molecule has 0 aliphatic carbocycles. The second-order valence-electron chi connectivity index (χ2n) is 6.39. The summed E-state index contributed by atoms with van der Waals surface area (Å²) in [4.78, 5) is 15.2. The van der Waals surface area contributed by atoms with Gasteiger partial charge >= 0.3 is 0 Å². The van der Waals surface area contributed by atoms with Gasteiger partial charge in [-0.15, -0.1) is 12.4 Å². The number of nitrogens with two attached hydrogens (primary N) is 1. The molecule has 122 valence electrons. The molecule has 2 rings (SSSR count). The Balaban J connectivity index is 0.00000242. The van der Waals surface area contributed by atoms with Gasteiger partial charge in [0, 0.05) is 28.7 Å². The largest absolute Gasteiger partial charge is 0.361 e. The minimum atomic E-state index is -0.505. The molecule has 0 saturated heterocycles. The summed E-state index contributed by atoms with van der Waals surface area (Å²) < 4.78 is 0. The van der Waals surface area contributed by atoms with Crippen LogP contribution >= 0.6 is 24.0 Å². The third-order valence-corrected chi connectivity index (χ3v) is 3.87. The molecule has 22 heavy (non-hydrogen) atoms. The van der Waals surface area contributed by atoms with Gasteiger partial charge in [0.1, 0.15) is 0 Å². The molecule has 0 saturated carbocycles. The fraction of sp³-hybridized carbons (Fsp3) is 0.438. The highest BCUT2D eigenvalue weighted by atomic mass is 35.5. The Labute approximate surface area is 142 Å². The lowest BCUT2D eigenvalue weighted by atomic mass is 9.87. The lowest BCUT2D eigenvalue weighted by Crippen LogP contribution is -2.48. The highest BCUT2D eigenvalue weighted by Gasteiger charge is 2.26. The van der Waals surface area contributed by atoms with Crippen LogP contribution < -0.4 is 11.1 Å². The van der Waals surface area contributed by atoms with Crippen molar-refractivity contribution in [1.29, 1.82) is 0 Å². The number of carbonyl (C=O) groups is 1. The van der Waals surface area contributed by atoms with Gasteiger partial charge in [-0.1, -0.05) is 32.4 Å². The topological polar surface area (TPSA) is 70.9 Å². The number of amides is 1. The van der Waals surface area contributed by atoms with Crippen LogP contribution in [0.5, 0.6) is 0 Å². The predicted octanol–water partition coefficient (Wildman–Crippen LogP) is 3.28. The molecule has 1 heterocycles. The molecular formula is C16H23Cl2N3O. The molecule has 6 heteroatoms. The number of aromatic nitrogens is 1. The molecule has 1 aromatic heterocycles. The Morgan fingerprint density at radius 1 is 1.41 bits per heavy atom. The van der Waals surface area contributed by atoms with E-state index in [9.17, 15) is 4.79 Å². The van der Waals surface area contributed by atoms with E-state index in [1.807, 2.05) is 45.2 Å². The average Bonchev–Trinajstić information content (AvgIpc) is 2.79. The van der Waals surface area contributed by atoms with Crippen molar-refractivity contribution in [2.45, 2.75) is 33.2 Å². The zero-order valence-electron chi connectivity index (χ0n) is 13.1. The highest BCUT2D eigenvalue weighted by Crippen LogP contribution is 2.22. The third kappa shape index (κ3) is 4.38. The van der Waals surface area contributed by atoms with Crippen molar-refractivity contribution in [2.24, 2.45) is 11.1 Å². The van der Waals surface area contributed by atoms with Gasteiger partial charge in [0.25, 0.3) is 0 Å². The Hall–Kier alpha value is -1.23. The fourth-order valence-corrected chi connectivity index (χ4v) is 2.35. The van der Waals surface area contributed by atoms with E-state index in [0.717, 1.165) is 22.9 Å². The van der Waals surface area contributed by atoms with Crippen LogP contribution in [0, 0.1) is 5.41 Å². The summed E-state index contributed by atoms with van der Waals surface area (Å²) in [6.07, 6.45) is 2.69. The van der Waals surface area contributed by atoms with Crippen molar-refractivity contribution in [3.63, 3.8) is 0 Å². The number of nitrogens with one attached hydrogen (secondary N) is 2. The summed E-state index contributed by atoms with van der Waals surface area (Å²) in [5, 5.41) is 4.70. The van der Waals surface area contributed by atoms with E-state index in [2.05, 4.69) is 10.3 Å². The second kappa shape index (κ2) is 7.36. The van der Waals surface area contributed by atoms with Gasteiger partial charge in [0.05, 0.1) is 6.04 Å². The molecule has 1 amide bonds. The smallest absolute Gasteiger partial charge is 0.237 e. The van der Waals surface area contributed by atoms with E-state index in [-0.39, 0.29) is 23.7 Å². The van der Waals surface area contributed by atoms with Gasteiger partial charge < -0.3 is 16.0 Å². The van der Waals surface area contributed by atoms with E-state index in [4.69, 9.17) is 17.3 Å². The summed E-state index contributed by atoms with van der Waals surface area (Å²) in [5.74, 6) is -0.111. The number of hydrogen-bond acceptors (Lipinski definition) is 2. The average molecular weight is 344 g/mol. The molecule has 0 fully saturated rings. The summed E-state index contributed by atoms with van der Waals surface area (Å²) in [6, 6.07) is 5.24. The standard InChI is InChI=1S/C16H22ClN3O.ClH/c1-16(2,3)14(18)15(21)19-7-6-10-9-20-13-5-4-11(17)8-12(10)13;/h4-5,8-9,14,20H,6-7,18H2,1-3H3,(H,19,21);1H/t14-;/m1./s1. The van der Waals surface area contributed by atoms with Gasteiger partial charge in [0.2, 0.25) is 5.91 Å². The number of carbonyl (C=O) groups excluding carboxylic acids is 1. The van der Waals surface area contributed by atoms with Crippen molar-refractivity contribution in [1.82, 2.24) is 10.3 Å². The predicted molar refractivity (Wildman–Crippen MR) is 94.7 cm³/mol. The van der Waals surface area contributed by atoms with E-state index >= 15 is 0 Å². The van der Waals surface area contributed by atoms with Crippen molar-refractivity contribution in [3.8, 4) is 0 Å². The molecule has 4 nitrogen and oxygen atoms in total. The minimum absolute atomic E-state index is 0. The van der Waals surface area contributed by atoms with Crippen LogP contribution in [0.25, 0.3) is 10.9 Å². The maximum absolute atomic E-state index is 12.0. The number of benzene rings is 1. The van der Waals surface area contributed by atoms with Gasteiger partial charge in [-0.25, -0.2) is 0 Å². The second-order valence-corrected chi connectivity index (χ2v) is 6.82. The van der Waals surface area contributed by atoms with Crippen LogP contribution in [-0.2, 0) is 11.2 Å². The Morgan fingerprint density at radius 3 is 2.73 bits per heavy atom. The van der Waals surface area contributed by atoms with Gasteiger partial charge in [-0.05, 0) is 35.6 Å². The fourth-order valence-electron chi connectivity index (χ4n) is 2.18. The highest BCUT2D eigenvalue weighted by molar-refractivity contribution is 6.31. The summed E-state index contributed by atoms with van der Waals surface area (Å²) in [7, 11) is 0. The lowest BCUT2D eigenvalue weighted by Gasteiger charge is -2.25. The first-order chi connectivity index (χ1) is 9.79. The molecule has 2 aromatic rings. The Morgan fingerprint density at radius 2 is 2.09 bits per heavy atom. The Kier molecular flexibility index (Phi) is 6.29. The lowest BCUT2D eigenvalue weighted by molar-refractivity contribution is -0.124. The first-order valence-corrected chi connectivity index (χ1v) is 7.45. The monoisotopic (exact) mass is 343 g/mol. The van der Waals surface area contributed by atoms with E-state index < -0.39 is 6.04 Å². The SMILES string of the molecule is CC(C)(C)[C@H](N)C(=O)NCCc1c[nH]c2ccc(Cl)cc12.Cl. The summed E-state index contributed by atoms with van der Waals surface area (Å²) in [5.41, 5.74) is 7.88. The van der Waals surface area contributed by atoms with E-state index in [0.29, 0.717) is 11.6 Å². The zero-order valence-corrected chi connectivity index (χ0v) is 14.6. The van der Waals surface area contributed by atoms with Crippen LogP contribution in [0.15, 0.2) is 24.4 Å². The van der Waals surface area contributed by atoms with Crippen LogP contribution in [0.1, 0.15) is 26.3 Å². The molecule has 0 bridgehead atoms. The quantitative estimate of drug-likeness (QED) is 0.797. The first-order valence-electron chi connectivity index (χ1n) is 7.08. The van der Waals surface area contributed by atoms with E-state index in [1.54, 1.807) is 0 Å². The van der Waals surface area contributed by atoms with Gasteiger partial charge in [-0.2, -0.15) is 0 Å². The summed E-state index contributed by atoms with van der Waals surface area (Å²) >= 11 is 6.02. The molecule has 1 aromatic carbocycles. The number of aromatic amines is 1. The maximum Gasteiger partial charge on any atom is 0.237 e. The Bertz CT molecular complexity index is 646. The van der Waals surface area contributed by atoms with Gasteiger partial charge in [0.15, 0.2) is 0 Å². The minimum Gasteiger partial charge on any atom is -0.361 e. The molecule has 0 aliphatic rings. The van der Waals surface area contributed by atoms with Crippen molar-refractivity contribution < 1.29 is 4.79 Å². The van der Waals surface area contributed by atoms with Crippen molar-refractivity contribution >= 4 is 40.8 Å².